The van der Waals surface area contributed by atoms with Gasteiger partial charge in [0.15, 0.2) is 0 Å². The fourth-order valence-corrected chi connectivity index (χ4v) is 2.28. The van der Waals surface area contributed by atoms with Crippen LogP contribution in [0.1, 0.15) is 31.5 Å². The van der Waals surface area contributed by atoms with E-state index in [4.69, 9.17) is 4.74 Å². The average Bonchev–Trinajstić information content (AvgIpc) is 2.45. The van der Waals surface area contributed by atoms with Gasteiger partial charge >= 0.3 is 0 Å². The molecule has 1 saturated heterocycles. The van der Waals surface area contributed by atoms with Crippen molar-refractivity contribution in [3.8, 4) is 5.88 Å². The second kappa shape index (κ2) is 7.03. The lowest BCUT2D eigenvalue weighted by molar-refractivity contribution is -0.132. The molecule has 2 heterocycles. The summed E-state index contributed by atoms with van der Waals surface area (Å²) in [5, 5.41) is 0. The van der Waals surface area contributed by atoms with Gasteiger partial charge in [-0.15, -0.1) is 6.58 Å². The minimum atomic E-state index is 0.132. The van der Waals surface area contributed by atoms with Crippen LogP contribution >= 0.6 is 0 Å². The second-order valence-electron chi connectivity index (χ2n) is 4.97. The first kappa shape index (κ1) is 14.5. The second-order valence-corrected chi connectivity index (χ2v) is 4.97. The molecule has 1 aromatic rings. The Labute approximate surface area is 119 Å². The lowest BCUT2D eigenvalue weighted by Gasteiger charge is -2.32. The summed E-state index contributed by atoms with van der Waals surface area (Å²) in [4.78, 5) is 22.1. The van der Waals surface area contributed by atoms with E-state index >= 15 is 0 Å². The van der Waals surface area contributed by atoms with Crippen molar-refractivity contribution in [1.82, 2.24) is 14.9 Å². The molecule has 0 spiro atoms. The van der Waals surface area contributed by atoms with E-state index in [1.807, 2.05) is 11.8 Å². The number of ether oxygens (including phenoxy) is 1. The van der Waals surface area contributed by atoms with Crippen molar-refractivity contribution in [2.75, 3.05) is 13.1 Å². The van der Waals surface area contributed by atoms with E-state index in [-0.39, 0.29) is 12.0 Å². The van der Waals surface area contributed by atoms with Crippen LogP contribution in [-0.4, -0.2) is 40.0 Å². The Kier molecular flexibility index (Phi) is 5.09. The van der Waals surface area contributed by atoms with Crippen molar-refractivity contribution in [1.29, 1.82) is 0 Å². The van der Waals surface area contributed by atoms with Crippen molar-refractivity contribution in [2.24, 2.45) is 0 Å². The van der Waals surface area contributed by atoms with Crippen LogP contribution in [0.25, 0.3) is 0 Å². The molecule has 1 aliphatic rings. The zero-order chi connectivity index (χ0) is 14.4. The summed E-state index contributed by atoms with van der Waals surface area (Å²) in [7, 11) is 0. The number of hydrogen-bond donors (Lipinski definition) is 0. The predicted molar refractivity (Wildman–Crippen MR) is 76.4 cm³/mol. The summed E-state index contributed by atoms with van der Waals surface area (Å²) in [5.74, 6) is 1.54. The molecule has 2 rings (SSSR count). The number of aryl methyl sites for hydroxylation is 1. The third-order valence-electron chi connectivity index (χ3n) is 3.39. The molecule has 0 aromatic carbocycles. The van der Waals surface area contributed by atoms with E-state index < -0.39 is 0 Å². The molecule has 0 saturated carbocycles. The van der Waals surface area contributed by atoms with E-state index in [0.29, 0.717) is 18.1 Å². The molecule has 1 amide bonds. The van der Waals surface area contributed by atoms with E-state index in [1.165, 1.54) is 0 Å². The third-order valence-corrected chi connectivity index (χ3v) is 3.39. The quantitative estimate of drug-likeness (QED) is 0.772. The van der Waals surface area contributed by atoms with Gasteiger partial charge in [0.25, 0.3) is 0 Å². The van der Waals surface area contributed by atoms with E-state index in [0.717, 1.165) is 32.4 Å². The Bertz CT molecular complexity index is 468. The average molecular weight is 275 g/mol. The first-order valence-corrected chi connectivity index (χ1v) is 7.04. The molecule has 5 heteroatoms. The Morgan fingerprint density at radius 3 is 2.95 bits per heavy atom. The number of rotatable bonds is 5. The lowest BCUT2D eigenvalue weighted by Crippen LogP contribution is -2.41. The molecular weight excluding hydrogens is 254 g/mol. The SMILES string of the molecule is C=CCCC(=O)N1CCC(Oc2ccnc(C)n2)CC1. The van der Waals surface area contributed by atoms with Gasteiger partial charge in [0, 0.05) is 44.6 Å². The van der Waals surface area contributed by atoms with Crippen LogP contribution in [0.5, 0.6) is 5.88 Å². The largest absolute Gasteiger partial charge is 0.474 e. The number of hydrogen-bond acceptors (Lipinski definition) is 4. The standard InChI is InChI=1S/C15H21N3O2/c1-3-4-5-15(19)18-10-7-13(8-11-18)20-14-6-9-16-12(2)17-14/h3,6,9,13H,1,4-5,7-8,10-11H2,2H3. The maximum absolute atomic E-state index is 11.9. The van der Waals surface area contributed by atoms with Crippen LogP contribution in [0.15, 0.2) is 24.9 Å². The summed E-state index contributed by atoms with van der Waals surface area (Å²) in [5.41, 5.74) is 0. The van der Waals surface area contributed by atoms with Crippen LogP contribution in [0.3, 0.4) is 0 Å². The van der Waals surface area contributed by atoms with E-state index in [2.05, 4.69) is 16.5 Å². The molecule has 1 aromatic heterocycles. The minimum absolute atomic E-state index is 0.132. The number of carbonyl (C=O) groups excluding carboxylic acids is 1. The summed E-state index contributed by atoms with van der Waals surface area (Å²) in [6, 6.07) is 1.77. The zero-order valence-electron chi connectivity index (χ0n) is 11.9. The first-order chi connectivity index (χ1) is 9.69. The van der Waals surface area contributed by atoms with E-state index in [1.54, 1.807) is 18.3 Å². The van der Waals surface area contributed by atoms with Crippen LogP contribution < -0.4 is 4.74 Å². The number of nitrogens with zero attached hydrogens (tertiary/aromatic N) is 3. The highest BCUT2D eigenvalue weighted by Crippen LogP contribution is 2.17. The fraction of sp³-hybridized carbons (Fsp3) is 0.533. The number of allylic oxidation sites excluding steroid dienone is 1. The minimum Gasteiger partial charge on any atom is -0.474 e. The Morgan fingerprint density at radius 2 is 2.30 bits per heavy atom. The molecule has 0 aliphatic carbocycles. The first-order valence-electron chi connectivity index (χ1n) is 7.04. The van der Waals surface area contributed by atoms with Crippen molar-refractivity contribution in [3.63, 3.8) is 0 Å². The Balaban J connectivity index is 1.79. The fourth-order valence-electron chi connectivity index (χ4n) is 2.28. The van der Waals surface area contributed by atoms with Crippen molar-refractivity contribution >= 4 is 5.91 Å². The van der Waals surface area contributed by atoms with Crippen molar-refractivity contribution in [3.05, 3.63) is 30.7 Å². The smallest absolute Gasteiger partial charge is 0.222 e. The summed E-state index contributed by atoms with van der Waals surface area (Å²) in [6.07, 6.45) is 6.62. The van der Waals surface area contributed by atoms with Crippen LogP contribution in [-0.2, 0) is 4.79 Å². The van der Waals surface area contributed by atoms with Gasteiger partial charge in [-0.25, -0.2) is 4.98 Å². The summed E-state index contributed by atoms with van der Waals surface area (Å²) in [6.45, 7) is 6.99. The molecule has 0 N–H and O–H groups in total. The molecule has 0 unspecified atom stereocenters. The van der Waals surface area contributed by atoms with Gasteiger partial charge in [-0.1, -0.05) is 6.08 Å². The maximum Gasteiger partial charge on any atom is 0.222 e. The van der Waals surface area contributed by atoms with Gasteiger partial charge in [0.05, 0.1) is 0 Å². The zero-order valence-corrected chi connectivity index (χ0v) is 11.9. The molecule has 0 bridgehead atoms. The monoisotopic (exact) mass is 275 g/mol. The molecule has 108 valence electrons. The Morgan fingerprint density at radius 1 is 1.55 bits per heavy atom. The van der Waals surface area contributed by atoms with Gasteiger partial charge in [-0.3, -0.25) is 4.79 Å². The molecule has 1 fully saturated rings. The summed E-state index contributed by atoms with van der Waals surface area (Å²) < 4.78 is 5.84. The third kappa shape index (κ3) is 4.05. The number of likely N-dealkylation sites (tertiary alicyclic amines) is 1. The number of amides is 1. The van der Waals surface area contributed by atoms with Gasteiger partial charge in [-0.2, -0.15) is 4.98 Å². The molecule has 0 radical (unpaired) electrons. The molecule has 0 atom stereocenters. The predicted octanol–water partition coefficient (Wildman–Crippen LogP) is 2.12. The van der Waals surface area contributed by atoms with Crippen LogP contribution in [0, 0.1) is 6.92 Å². The molecule has 1 aliphatic heterocycles. The van der Waals surface area contributed by atoms with Gasteiger partial charge in [0.2, 0.25) is 11.8 Å². The van der Waals surface area contributed by atoms with Gasteiger partial charge < -0.3 is 9.64 Å². The number of piperidine rings is 1. The normalized spacial score (nSPS) is 15.9. The lowest BCUT2D eigenvalue weighted by atomic mass is 10.1. The van der Waals surface area contributed by atoms with Gasteiger partial charge in [-0.05, 0) is 13.3 Å². The Hall–Kier alpha value is -1.91. The molecule has 5 nitrogen and oxygen atoms in total. The maximum atomic E-state index is 11.9. The molecule has 20 heavy (non-hydrogen) atoms. The van der Waals surface area contributed by atoms with E-state index in [9.17, 15) is 4.79 Å². The highest BCUT2D eigenvalue weighted by Gasteiger charge is 2.23. The number of aromatic nitrogens is 2. The van der Waals surface area contributed by atoms with Gasteiger partial charge in [0.1, 0.15) is 11.9 Å². The van der Waals surface area contributed by atoms with Crippen molar-refractivity contribution in [2.45, 2.75) is 38.7 Å². The number of carbonyl (C=O) groups is 1. The molecular formula is C15H21N3O2. The highest BCUT2D eigenvalue weighted by molar-refractivity contribution is 5.76. The van der Waals surface area contributed by atoms with Crippen LogP contribution in [0.4, 0.5) is 0 Å². The highest BCUT2D eigenvalue weighted by atomic mass is 16.5. The summed E-state index contributed by atoms with van der Waals surface area (Å²) >= 11 is 0. The van der Waals surface area contributed by atoms with Crippen molar-refractivity contribution < 1.29 is 9.53 Å². The van der Waals surface area contributed by atoms with Crippen LogP contribution in [0.2, 0.25) is 0 Å². The topological polar surface area (TPSA) is 55.3 Å².